The number of rotatable bonds is 5. The van der Waals surface area contributed by atoms with Gasteiger partial charge >= 0.3 is 0 Å². The Morgan fingerprint density at radius 1 is 1.52 bits per heavy atom. The van der Waals surface area contributed by atoms with Crippen LogP contribution < -0.4 is 10.6 Å². The molecule has 0 aliphatic carbocycles. The fourth-order valence-electron chi connectivity index (χ4n) is 2.62. The fraction of sp³-hybridized carbons (Fsp3) is 0.625. The van der Waals surface area contributed by atoms with Crippen molar-refractivity contribution in [3.63, 3.8) is 0 Å². The van der Waals surface area contributed by atoms with Crippen LogP contribution in [0.15, 0.2) is 17.1 Å². The van der Waals surface area contributed by atoms with Crippen molar-refractivity contribution in [2.75, 3.05) is 26.7 Å². The molecule has 0 spiro atoms. The highest BCUT2D eigenvalue weighted by atomic mass is 35.5. The Morgan fingerprint density at radius 3 is 2.91 bits per heavy atom. The third-order valence-corrected chi connectivity index (χ3v) is 5.14. The molecule has 1 aromatic heterocycles. The van der Waals surface area contributed by atoms with Crippen molar-refractivity contribution in [1.29, 1.82) is 0 Å². The molecule has 2 heterocycles. The number of nitrogens with zero attached hydrogens (tertiary/aromatic N) is 2. The molecular weight excluding hydrogens is 332 g/mol. The Bertz CT molecular complexity index is 558. The highest BCUT2D eigenvalue weighted by molar-refractivity contribution is 7.16. The lowest BCUT2D eigenvalue weighted by atomic mass is 10.2. The fourth-order valence-corrected chi connectivity index (χ4v) is 3.71. The molecule has 7 heteroatoms. The number of carbonyl (C=O) groups excluding carboxylic acids is 1. The minimum atomic E-state index is 0.0591. The Kier molecular flexibility index (Phi) is 6.72. The van der Waals surface area contributed by atoms with E-state index in [2.05, 4.69) is 21.7 Å². The van der Waals surface area contributed by atoms with Crippen molar-refractivity contribution in [2.45, 2.75) is 32.7 Å². The smallest absolute Gasteiger partial charge is 0.225 e. The van der Waals surface area contributed by atoms with Gasteiger partial charge in [0.2, 0.25) is 5.91 Å². The van der Waals surface area contributed by atoms with Crippen LogP contribution in [-0.2, 0) is 11.2 Å². The summed E-state index contributed by atoms with van der Waals surface area (Å²) in [5.74, 6) is 1.08. The monoisotopic (exact) mass is 356 g/mol. The van der Waals surface area contributed by atoms with Gasteiger partial charge in [0.05, 0.1) is 4.34 Å². The molecule has 2 rings (SSSR count). The van der Waals surface area contributed by atoms with Gasteiger partial charge in [-0.2, -0.15) is 0 Å². The highest BCUT2D eigenvalue weighted by Gasteiger charge is 2.27. The summed E-state index contributed by atoms with van der Waals surface area (Å²) in [6, 6.07) is 4.24. The van der Waals surface area contributed by atoms with E-state index in [1.54, 1.807) is 18.4 Å². The number of halogens is 1. The Labute approximate surface area is 147 Å². The van der Waals surface area contributed by atoms with Crippen LogP contribution in [-0.4, -0.2) is 49.5 Å². The SMILES string of the molecule is CN=C(NCCc1ccc(Cl)s1)NC1CCN(C(=O)C(C)C)C1. The van der Waals surface area contributed by atoms with E-state index in [0.29, 0.717) is 0 Å². The molecule has 1 saturated heterocycles. The summed E-state index contributed by atoms with van der Waals surface area (Å²) in [5, 5.41) is 6.72. The number of carbonyl (C=O) groups is 1. The molecule has 1 amide bonds. The van der Waals surface area contributed by atoms with Crippen molar-refractivity contribution in [3.05, 3.63) is 21.3 Å². The normalized spacial score (nSPS) is 18.6. The molecule has 23 heavy (non-hydrogen) atoms. The molecular formula is C16H25ClN4OS. The van der Waals surface area contributed by atoms with Crippen LogP contribution in [0.5, 0.6) is 0 Å². The van der Waals surface area contributed by atoms with Crippen molar-refractivity contribution in [1.82, 2.24) is 15.5 Å². The number of thiophene rings is 1. The van der Waals surface area contributed by atoms with Gasteiger partial charge in [-0.05, 0) is 25.0 Å². The third kappa shape index (κ3) is 5.39. The number of likely N-dealkylation sites (tertiary alicyclic amines) is 1. The molecule has 1 aromatic rings. The summed E-state index contributed by atoms with van der Waals surface area (Å²) < 4.78 is 0.823. The predicted molar refractivity (Wildman–Crippen MR) is 97.4 cm³/mol. The van der Waals surface area contributed by atoms with Gasteiger partial charge in [-0.3, -0.25) is 9.79 Å². The van der Waals surface area contributed by atoms with Crippen molar-refractivity contribution < 1.29 is 4.79 Å². The van der Waals surface area contributed by atoms with E-state index in [9.17, 15) is 4.79 Å². The first-order chi connectivity index (χ1) is 11.0. The summed E-state index contributed by atoms with van der Waals surface area (Å²) in [7, 11) is 1.77. The molecule has 0 aromatic carbocycles. The van der Waals surface area contributed by atoms with Gasteiger partial charge in [0.25, 0.3) is 0 Å². The molecule has 0 saturated carbocycles. The van der Waals surface area contributed by atoms with Crippen LogP contribution in [0.2, 0.25) is 4.34 Å². The van der Waals surface area contributed by atoms with Crippen LogP contribution in [0.4, 0.5) is 0 Å². The zero-order valence-corrected chi connectivity index (χ0v) is 15.5. The molecule has 2 N–H and O–H groups in total. The lowest BCUT2D eigenvalue weighted by Crippen LogP contribution is -2.45. The maximum atomic E-state index is 12.0. The summed E-state index contributed by atoms with van der Waals surface area (Å²) in [4.78, 5) is 19.5. The Balaban J connectivity index is 1.74. The van der Waals surface area contributed by atoms with E-state index in [4.69, 9.17) is 11.6 Å². The largest absolute Gasteiger partial charge is 0.356 e. The zero-order chi connectivity index (χ0) is 16.8. The molecule has 1 unspecified atom stereocenters. The maximum absolute atomic E-state index is 12.0. The van der Waals surface area contributed by atoms with Gasteiger partial charge in [-0.25, -0.2) is 0 Å². The van der Waals surface area contributed by atoms with Gasteiger partial charge in [-0.15, -0.1) is 11.3 Å². The second-order valence-corrected chi connectivity index (χ2v) is 7.82. The van der Waals surface area contributed by atoms with E-state index in [1.165, 1.54) is 4.88 Å². The minimum Gasteiger partial charge on any atom is -0.356 e. The molecule has 1 aliphatic rings. The first-order valence-electron chi connectivity index (χ1n) is 7.99. The second-order valence-electron chi connectivity index (χ2n) is 6.02. The number of hydrogen-bond donors (Lipinski definition) is 2. The molecule has 5 nitrogen and oxygen atoms in total. The average molecular weight is 357 g/mol. The van der Waals surface area contributed by atoms with Gasteiger partial charge in [0.15, 0.2) is 5.96 Å². The topological polar surface area (TPSA) is 56.7 Å². The molecule has 0 radical (unpaired) electrons. The molecule has 128 valence electrons. The van der Waals surface area contributed by atoms with Crippen LogP contribution in [0.25, 0.3) is 0 Å². The molecule has 0 bridgehead atoms. The number of aliphatic imine (C=N–C) groups is 1. The zero-order valence-electron chi connectivity index (χ0n) is 13.9. The van der Waals surface area contributed by atoms with Crippen molar-refractivity contribution in [3.8, 4) is 0 Å². The lowest BCUT2D eigenvalue weighted by molar-refractivity contribution is -0.133. The number of guanidine groups is 1. The number of amides is 1. The summed E-state index contributed by atoms with van der Waals surface area (Å²) in [6.07, 6.45) is 1.88. The quantitative estimate of drug-likeness (QED) is 0.629. The van der Waals surface area contributed by atoms with Gasteiger partial charge < -0.3 is 15.5 Å². The summed E-state index contributed by atoms with van der Waals surface area (Å²) in [5.41, 5.74) is 0. The molecule has 1 aliphatic heterocycles. The first kappa shape index (κ1) is 18.1. The van der Waals surface area contributed by atoms with Crippen molar-refractivity contribution >= 4 is 34.8 Å². The molecule has 1 fully saturated rings. The first-order valence-corrected chi connectivity index (χ1v) is 9.19. The molecule has 1 atom stereocenters. The Morgan fingerprint density at radius 2 is 2.30 bits per heavy atom. The Hall–Kier alpha value is -1.27. The third-order valence-electron chi connectivity index (χ3n) is 3.85. The van der Waals surface area contributed by atoms with Crippen molar-refractivity contribution in [2.24, 2.45) is 10.9 Å². The lowest BCUT2D eigenvalue weighted by Gasteiger charge is -2.20. The van der Waals surface area contributed by atoms with E-state index in [0.717, 1.165) is 42.8 Å². The minimum absolute atomic E-state index is 0.0591. The van der Waals surface area contributed by atoms with E-state index < -0.39 is 0 Å². The van der Waals surface area contributed by atoms with E-state index >= 15 is 0 Å². The van der Waals surface area contributed by atoms with E-state index in [-0.39, 0.29) is 17.9 Å². The maximum Gasteiger partial charge on any atom is 0.225 e. The average Bonchev–Trinajstić information content (AvgIpc) is 3.14. The highest BCUT2D eigenvalue weighted by Crippen LogP contribution is 2.21. The predicted octanol–water partition coefficient (Wildman–Crippen LogP) is 2.37. The summed E-state index contributed by atoms with van der Waals surface area (Å²) in [6.45, 7) is 6.26. The summed E-state index contributed by atoms with van der Waals surface area (Å²) >= 11 is 7.54. The standard InChI is InChI=1S/C16H25ClN4OS/c1-11(2)15(22)21-9-7-12(10-21)20-16(18-3)19-8-6-13-4-5-14(17)23-13/h4-5,11-12H,6-10H2,1-3H3,(H2,18,19,20). The van der Waals surface area contributed by atoms with E-state index in [1.807, 2.05) is 24.8 Å². The van der Waals surface area contributed by atoms with Crippen LogP contribution in [0.1, 0.15) is 25.1 Å². The van der Waals surface area contributed by atoms with Crippen LogP contribution in [0, 0.1) is 5.92 Å². The van der Waals surface area contributed by atoms with Gasteiger partial charge in [0, 0.05) is 43.5 Å². The van der Waals surface area contributed by atoms with Crippen LogP contribution >= 0.6 is 22.9 Å². The second kappa shape index (κ2) is 8.55. The number of nitrogens with one attached hydrogen (secondary N) is 2. The number of hydrogen-bond acceptors (Lipinski definition) is 3. The van der Waals surface area contributed by atoms with Gasteiger partial charge in [0.1, 0.15) is 0 Å². The van der Waals surface area contributed by atoms with Crippen LogP contribution in [0.3, 0.4) is 0 Å². The van der Waals surface area contributed by atoms with Gasteiger partial charge in [-0.1, -0.05) is 25.4 Å².